The van der Waals surface area contributed by atoms with Gasteiger partial charge in [0.15, 0.2) is 0 Å². The van der Waals surface area contributed by atoms with Crippen molar-refractivity contribution in [3.05, 3.63) is 29.8 Å². The van der Waals surface area contributed by atoms with Crippen molar-refractivity contribution in [1.29, 1.82) is 0 Å². The number of methoxy groups -OCH3 is 1. The predicted molar refractivity (Wildman–Crippen MR) is 64.5 cm³/mol. The van der Waals surface area contributed by atoms with Crippen LogP contribution in [-0.4, -0.2) is 42.7 Å². The standard InChI is InChI=1S/C12H18N2O3/c1-14(12(16)11(15)7-13)8-9-3-5-10(17-2)6-4-9/h3-6,11,15H,7-8,13H2,1-2H3. The molecule has 17 heavy (non-hydrogen) atoms. The molecule has 0 aromatic heterocycles. The molecule has 94 valence electrons. The maximum atomic E-state index is 11.6. The monoisotopic (exact) mass is 238 g/mol. The van der Waals surface area contributed by atoms with Crippen molar-refractivity contribution in [3.8, 4) is 5.75 Å². The highest BCUT2D eigenvalue weighted by atomic mass is 16.5. The summed E-state index contributed by atoms with van der Waals surface area (Å²) >= 11 is 0. The first-order valence-corrected chi connectivity index (χ1v) is 5.34. The van der Waals surface area contributed by atoms with Crippen LogP contribution in [-0.2, 0) is 11.3 Å². The van der Waals surface area contributed by atoms with Gasteiger partial charge in [0.2, 0.25) is 0 Å². The Morgan fingerprint density at radius 3 is 2.53 bits per heavy atom. The van der Waals surface area contributed by atoms with Crippen molar-refractivity contribution in [1.82, 2.24) is 4.90 Å². The van der Waals surface area contributed by atoms with Gasteiger partial charge in [0, 0.05) is 20.1 Å². The van der Waals surface area contributed by atoms with E-state index in [0.29, 0.717) is 6.54 Å². The van der Waals surface area contributed by atoms with Gasteiger partial charge in [0.25, 0.3) is 5.91 Å². The topological polar surface area (TPSA) is 75.8 Å². The van der Waals surface area contributed by atoms with E-state index in [-0.39, 0.29) is 12.5 Å². The van der Waals surface area contributed by atoms with Crippen molar-refractivity contribution < 1.29 is 14.6 Å². The molecule has 0 radical (unpaired) electrons. The molecule has 1 unspecified atom stereocenters. The lowest BCUT2D eigenvalue weighted by Crippen LogP contribution is -2.40. The largest absolute Gasteiger partial charge is 0.497 e. The molecule has 1 aromatic rings. The lowest BCUT2D eigenvalue weighted by molar-refractivity contribution is -0.138. The van der Waals surface area contributed by atoms with Crippen molar-refractivity contribution in [3.63, 3.8) is 0 Å². The summed E-state index contributed by atoms with van der Waals surface area (Å²) in [6, 6.07) is 7.40. The number of rotatable bonds is 5. The molecule has 5 heteroatoms. The molecule has 0 aliphatic rings. The highest BCUT2D eigenvalue weighted by Crippen LogP contribution is 2.12. The predicted octanol–water partition coefficient (Wildman–Crippen LogP) is -0.0268. The van der Waals surface area contributed by atoms with Crippen molar-refractivity contribution in [2.24, 2.45) is 5.73 Å². The number of nitrogens with zero attached hydrogens (tertiary/aromatic N) is 1. The Hall–Kier alpha value is -1.59. The van der Waals surface area contributed by atoms with E-state index in [9.17, 15) is 9.90 Å². The number of aliphatic hydroxyl groups excluding tert-OH is 1. The van der Waals surface area contributed by atoms with Crippen LogP contribution in [0.2, 0.25) is 0 Å². The summed E-state index contributed by atoms with van der Waals surface area (Å²) in [6.07, 6.45) is -1.13. The summed E-state index contributed by atoms with van der Waals surface area (Å²) in [5, 5.41) is 9.32. The van der Waals surface area contributed by atoms with E-state index in [1.54, 1.807) is 14.2 Å². The van der Waals surface area contributed by atoms with E-state index < -0.39 is 6.10 Å². The molecule has 1 rings (SSSR count). The molecule has 0 heterocycles. The SMILES string of the molecule is COc1ccc(CN(C)C(=O)C(O)CN)cc1. The Morgan fingerprint density at radius 1 is 1.47 bits per heavy atom. The molecule has 1 aromatic carbocycles. The average molecular weight is 238 g/mol. The van der Waals surface area contributed by atoms with Crippen LogP contribution in [0.3, 0.4) is 0 Å². The lowest BCUT2D eigenvalue weighted by Gasteiger charge is -2.20. The Morgan fingerprint density at radius 2 is 2.06 bits per heavy atom. The Bertz CT molecular complexity index is 365. The number of aliphatic hydroxyl groups is 1. The molecule has 0 saturated heterocycles. The van der Waals surface area contributed by atoms with Crippen molar-refractivity contribution in [2.75, 3.05) is 20.7 Å². The summed E-state index contributed by atoms with van der Waals surface area (Å²) < 4.78 is 5.04. The van der Waals surface area contributed by atoms with E-state index in [4.69, 9.17) is 10.5 Å². The quantitative estimate of drug-likeness (QED) is 0.755. The van der Waals surface area contributed by atoms with Crippen molar-refractivity contribution in [2.45, 2.75) is 12.6 Å². The number of carbonyl (C=O) groups is 1. The number of nitrogens with two attached hydrogens (primary N) is 1. The molecule has 0 saturated carbocycles. The number of ether oxygens (including phenoxy) is 1. The van der Waals surface area contributed by atoms with Crippen LogP contribution >= 0.6 is 0 Å². The smallest absolute Gasteiger partial charge is 0.252 e. The van der Waals surface area contributed by atoms with Gasteiger partial charge < -0.3 is 20.5 Å². The van der Waals surface area contributed by atoms with E-state index in [1.807, 2.05) is 24.3 Å². The molecule has 5 nitrogen and oxygen atoms in total. The van der Waals surface area contributed by atoms with Crippen LogP contribution in [0.25, 0.3) is 0 Å². The third kappa shape index (κ3) is 3.72. The van der Waals surface area contributed by atoms with Gasteiger partial charge >= 0.3 is 0 Å². The van der Waals surface area contributed by atoms with E-state index in [1.165, 1.54) is 4.90 Å². The number of carbonyl (C=O) groups excluding carboxylic acids is 1. The van der Waals surface area contributed by atoms with Gasteiger partial charge in [-0.15, -0.1) is 0 Å². The first kappa shape index (κ1) is 13.5. The first-order chi connectivity index (χ1) is 8.08. The molecular formula is C12H18N2O3. The minimum absolute atomic E-state index is 0.0637. The Kier molecular flexibility index (Phi) is 4.93. The maximum absolute atomic E-state index is 11.6. The van der Waals surface area contributed by atoms with Gasteiger partial charge in [-0.2, -0.15) is 0 Å². The first-order valence-electron chi connectivity index (χ1n) is 5.34. The fourth-order valence-corrected chi connectivity index (χ4v) is 1.44. The van der Waals surface area contributed by atoms with Gasteiger partial charge in [0.1, 0.15) is 11.9 Å². The van der Waals surface area contributed by atoms with Gasteiger partial charge in [-0.1, -0.05) is 12.1 Å². The van der Waals surface area contributed by atoms with E-state index in [0.717, 1.165) is 11.3 Å². The Balaban J connectivity index is 2.61. The van der Waals surface area contributed by atoms with Gasteiger partial charge in [-0.25, -0.2) is 0 Å². The average Bonchev–Trinajstić information content (AvgIpc) is 2.37. The number of hydrogen-bond acceptors (Lipinski definition) is 4. The lowest BCUT2D eigenvalue weighted by atomic mass is 10.2. The summed E-state index contributed by atoms with van der Waals surface area (Å²) in [5.74, 6) is 0.396. The zero-order valence-corrected chi connectivity index (χ0v) is 10.1. The van der Waals surface area contributed by atoms with Crippen LogP contribution in [0.5, 0.6) is 5.75 Å². The third-order valence-corrected chi connectivity index (χ3v) is 2.46. The molecule has 1 atom stereocenters. The molecule has 0 aliphatic heterocycles. The maximum Gasteiger partial charge on any atom is 0.252 e. The number of benzene rings is 1. The number of amides is 1. The fraction of sp³-hybridized carbons (Fsp3) is 0.417. The molecule has 0 spiro atoms. The molecular weight excluding hydrogens is 220 g/mol. The second-order valence-corrected chi connectivity index (χ2v) is 3.79. The van der Waals surface area contributed by atoms with Gasteiger partial charge in [-0.05, 0) is 17.7 Å². The summed E-state index contributed by atoms with van der Waals surface area (Å²) in [7, 11) is 3.23. The van der Waals surface area contributed by atoms with Crippen molar-refractivity contribution >= 4 is 5.91 Å². The van der Waals surface area contributed by atoms with Crippen LogP contribution in [0.15, 0.2) is 24.3 Å². The second kappa shape index (κ2) is 6.22. The third-order valence-electron chi connectivity index (χ3n) is 2.46. The Labute approximate surface area is 101 Å². The minimum Gasteiger partial charge on any atom is -0.497 e. The van der Waals surface area contributed by atoms with E-state index in [2.05, 4.69) is 0 Å². The minimum atomic E-state index is -1.13. The number of likely N-dealkylation sites (N-methyl/N-ethyl adjacent to an activating group) is 1. The summed E-state index contributed by atoms with van der Waals surface area (Å²) in [6.45, 7) is 0.367. The molecule has 3 N–H and O–H groups in total. The second-order valence-electron chi connectivity index (χ2n) is 3.79. The fourth-order valence-electron chi connectivity index (χ4n) is 1.44. The normalized spacial score (nSPS) is 12.0. The van der Waals surface area contributed by atoms with Gasteiger partial charge in [-0.3, -0.25) is 4.79 Å². The van der Waals surface area contributed by atoms with Crippen LogP contribution in [0.1, 0.15) is 5.56 Å². The molecule has 1 amide bonds. The zero-order valence-electron chi connectivity index (χ0n) is 10.1. The van der Waals surface area contributed by atoms with Crippen LogP contribution in [0, 0.1) is 0 Å². The highest BCUT2D eigenvalue weighted by molar-refractivity contribution is 5.80. The molecule has 0 aliphatic carbocycles. The molecule has 0 bridgehead atoms. The highest BCUT2D eigenvalue weighted by Gasteiger charge is 2.17. The van der Waals surface area contributed by atoms with E-state index >= 15 is 0 Å². The van der Waals surface area contributed by atoms with Crippen LogP contribution in [0.4, 0.5) is 0 Å². The van der Waals surface area contributed by atoms with Crippen LogP contribution < -0.4 is 10.5 Å². The van der Waals surface area contributed by atoms with Gasteiger partial charge in [0.05, 0.1) is 7.11 Å². The molecule has 0 fully saturated rings. The zero-order chi connectivity index (χ0) is 12.8. The summed E-state index contributed by atoms with van der Waals surface area (Å²) in [5.41, 5.74) is 6.19. The summed E-state index contributed by atoms with van der Waals surface area (Å²) in [4.78, 5) is 13.0. The number of hydrogen-bond donors (Lipinski definition) is 2.